The van der Waals surface area contributed by atoms with Gasteiger partial charge in [0.15, 0.2) is 0 Å². The maximum absolute atomic E-state index is 11.3. The van der Waals surface area contributed by atoms with Gasteiger partial charge in [0.25, 0.3) is 0 Å². The second kappa shape index (κ2) is 1.26. The van der Waals surface area contributed by atoms with E-state index in [1.54, 1.807) is 0 Å². The van der Waals surface area contributed by atoms with E-state index in [2.05, 4.69) is 6.58 Å². The fourth-order valence-corrected chi connectivity index (χ4v) is 3.15. The quantitative estimate of drug-likeness (QED) is 0.382. The van der Waals surface area contributed by atoms with Crippen molar-refractivity contribution in [3.8, 4) is 0 Å². The van der Waals surface area contributed by atoms with Gasteiger partial charge in [-0.05, 0) is 13.3 Å². The lowest BCUT2D eigenvalue weighted by Crippen LogP contribution is -2.45. The van der Waals surface area contributed by atoms with Gasteiger partial charge < -0.3 is 4.74 Å². The van der Waals surface area contributed by atoms with E-state index in [0.717, 1.165) is 6.42 Å². The Labute approximate surface area is 65.2 Å². The summed E-state index contributed by atoms with van der Waals surface area (Å²) >= 11 is 0. The molecule has 1 saturated heterocycles. The van der Waals surface area contributed by atoms with Gasteiger partial charge in [-0.2, -0.15) is 0 Å². The van der Waals surface area contributed by atoms with E-state index in [0.29, 0.717) is 11.8 Å². The third kappa shape index (κ3) is 0.346. The maximum Gasteiger partial charge on any atom is 0.313 e. The summed E-state index contributed by atoms with van der Waals surface area (Å²) < 4.78 is 5.19. The standard InChI is InChI=1S/C9H10O2/c1-4-5-3-6-7(4)9(5,2)8(10)11-6/h5-7H,1,3H2,2H3/t5-,6?,7?,9+/m0/s1. The Bertz CT molecular complexity index is 281. The number of rotatable bonds is 0. The van der Waals surface area contributed by atoms with Crippen molar-refractivity contribution in [2.75, 3.05) is 0 Å². The SMILES string of the molecule is C=C1C2C3C[C@@H]1[C@@]2(C)C(=O)O3. The van der Waals surface area contributed by atoms with E-state index >= 15 is 0 Å². The molecular formula is C9H10O2. The molecule has 3 aliphatic carbocycles. The molecule has 2 nitrogen and oxygen atoms in total. The summed E-state index contributed by atoms with van der Waals surface area (Å²) in [5.41, 5.74) is 1.09. The zero-order chi connectivity index (χ0) is 7.80. The van der Waals surface area contributed by atoms with Crippen molar-refractivity contribution in [3.63, 3.8) is 0 Å². The number of carbonyl (C=O) groups excluding carboxylic acids is 1. The van der Waals surface area contributed by atoms with Crippen LogP contribution in [0.15, 0.2) is 12.2 Å². The molecular weight excluding hydrogens is 140 g/mol. The second-order valence-corrected chi connectivity index (χ2v) is 4.07. The summed E-state index contributed by atoms with van der Waals surface area (Å²) in [4.78, 5) is 11.3. The summed E-state index contributed by atoms with van der Waals surface area (Å²) in [7, 11) is 0. The maximum atomic E-state index is 11.3. The number of carbonyl (C=O) groups is 1. The Hall–Kier alpha value is -0.790. The van der Waals surface area contributed by atoms with Gasteiger partial charge in [-0.1, -0.05) is 12.2 Å². The molecule has 4 fully saturated rings. The van der Waals surface area contributed by atoms with Crippen molar-refractivity contribution >= 4 is 5.97 Å². The average molecular weight is 150 g/mol. The van der Waals surface area contributed by atoms with Crippen LogP contribution >= 0.6 is 0 Å². The molecule has 4 atom stereocenters. The van der Waals surface area contributed by atoms with E-state index in [-0.39, 0.29) is 17.5 Å². The van der Waals surface area contributed by atoms with Gasteiger partial charge in [0.05, 0.1) is 5.41 Å². The van der Waals surface area contributed by atoms with Crippen molar-refractivity contribution in [2.45, 2.75) is 19.4 Å². The molecule has 0 aromatic heterocycles. The number of hydrogen-bond donors (Lipinski definition) is 0. The molecule has 11 heavy (non-hydrogen) atoms. The van der Waals surface area contributed by atoms with E-state index in [4.69, 9.17) is 4.74 Å². The Balaban J connectivity index is 2.18. The Kier molecular flexibility index (Phi) is 0.665. The smallest absolute Gasteiger partial charge is 0.313 e. The highest BCUT2D eigenvalue weighted by molar-refractivity contribution is 5.85. The predicted octanol–water partition coefficient (Wildman–Crippen LogP) is 1.12. The molecule has 0 N–H and O–H groups in total. The minimum absolute atomic E-state index is 0.0103. The first-order chi connectivity index (χ1) is 5.15. The average Bonchev–Trinajstić information content (AvgIpc) is 2.47. The molecule has 0 radical (unpaired) electrons. The van der Waals surface area contributed by atoms with Crippen molar-refractivity contribution in [3.05, 3.63) is 12.2 Å². The number of hydrogen-bond acceptors (Lipinski definition) is 2. The molecule has 0 aromatic carbocycles. The third-order valence-corrected chi connectivity index (χ3v) is 3.76. The van der Waals surface area contributed by atoms with Crippen LogP contribution in [0.4, 0.5) is 0 Å². The molecule has 4 rings (SSSR count). The molecule has 0 spiro atoms. The van der Waals surface area contributed by atoms with Crippen LogP contribution in [0.1, 0.15) is 13.3 Å². The van der Waals surface area contributed by atoms with Crippen molar-refractivity contribution in [1.82, 2.24) is 0 Å². The zero-order valence-electron chi connectivity index (χ0n) is 6.46. The highest BCUT2D eigenvalue weighted by Crippen LogP contribution is 2.70. The lowest BCUT2D eigenvalue weighted by molar-refractivity contribution is -0.156. The molecule has 58 valence electrons. The van der Waals surface area contributed by atoms with Gasteiger partial charge in [0.2, 0.25) is 0 Å². The van der Waals surface area contributed by atoms with E-state index < -0.39 is 0 Å². The Morgan fingerprint density at radius 1 is 1.73 bits per heavy atom. The van der Waals surface area contributed by atoms with Crippen LogP contribution in [0.2, 0.25) is 0 Å². The highest BCUT2D eigenvalue weighted by atomic mass is 16.6. The van der Waals surface area contributed by atoms with Gasteiger partial charge in [-0.25, -0.2) is 0 Å². The monoisotopic (exact) mass is 150 g/mol. The van der Waals surface area contributed by atoms with Crippen LogP contribution in [0.25, 0.3) is 0 Å². The summed E-state index contributed by atoms with van der Waals surface area (Å²) in [5, 5.41) is 0. The van der Waals surface area contributed by atoms with Crippen LogP contribution in [-0.4, -0.2) is 12.1 Å². The topological polar surface area (TPSA) is 26.3 Å². The van der Waals surface area contributed by atoms with Crippen LogP contribution in [0.3, 0.4) is 0 Å². The van der Waals surface area contributed by atoms with E-state index in [1.165, 1.54) is 5.57 Å². The lowest BCUT2D eigenvalue weighted by atomic mass is 9.57. The fraction of sp³-hybridized carbons (Fsp3) is 0.667. The molecule has 3 saturated carbocycles. The first kappa shape index (κ1) is 5.81. The second-order valence-electron chi connectivity index (χ2n) is 4.07. The Morgan fingerprint density at radius 3 is 2.91 bits per heavy atom. The first-order valence-electron chi connectivity index (χ1n) is 4.05. The van der Waals surface area contributed by atoms with Gasteiger partial charge in [-0.3, -0.25) is 4.79 Å². The third-order valence-electron chi connectivity index (χ3n) is 3.76. The highest BCUT2D eigenvalue weighted by Gasteiger charge is 2.74. The fourth-order valence-electron chi connectivity index (χ4n) is 3.15. The molecule has 2 unspecified atom stereocenters. The van der Waals surface area contributed by atoms with Crippen LogP contribution < -0.4 is 0 Å². The van der Waals surface area contributed by atoms with Crippen molar-refractivity contribution < 1.29 is 9.53 Å². The number of esters is 1. The van der Waals surface area contributed by atoms with Gasteiger partial charge in [-0.15, -0.1) is 0 Å². The normalized spacial score (nSPS) is 57.7. The van der Waals surface area contributed by atoms with Crippen molar-refractivity contribution in [2.24, 2.45) is 17.3 Å². The number of ether oxygens (including phenoxy) is 1. The summed E-state index contributed by atoms with van der Waals surface area (Å²) in [6.45, 7) is 5.99. The molecule has 4 bridgehead atoms. The molecule has 0 amide bonds. The van der Waals surface area contributed by atoms with Crippen LogP contribution in [0, 0.1) is 17.3 Å². The summed E-state index contributed by atoms with van der Waals surface area (Å²) in [6.07, 6.45) is 1.22. The minimum Gasteiger partial charge on any atom is -0.461 e. The van der Waals surface area contributed by atoms with Crippen LogP contribution in [-0.2, 0) is 9.53 Å². The minimum atomic E-state index is -0.165. The van der Waals surface area contributed by atoms with Gasteiger partial charge >= 0.3 is 5.97 Å². The van der Waals surface area contributed by atoms with E-state index in [9.17, 15) is 4.79 Å². The zero-order valence-corrected chi connectivity index (χ0v) is 6.46. The first-order valence-corrected chi connectivity index (χ1v) is 4.05. The van der Waals surface area contributed by atoms with E-state index in [1.807, 2.05) is 6.92 Å². The van der Waals surface area contributed by atoms with Crippen LogP contribution in [0.5, 0.6) is 0 Å². The van der Waals surface area contributed by atoms with Crippen molar-refractivity contribution in [1.29, 1.82) is 0 Å². The van der Waals surface area contributed by atoms with Gasteiger partial charge in [0, 0.05) is 11.8 Å². The molecule has 1 aliphatic heterocycles. The molecule has 2 heteroatoms. The van der Waals surface area contributed by atoms with Gasteiger partial charge in [0.1, 0.15) is 6.10 Å². The molecule has 0 aromatic rings. The molecule has 1 heterocycles. The summed E-state index contributed by atoms with van der Waals surface area (Å²) in [5.74, 6) is 0.815. The summed E-state index contributed by atoms with van der Waals surface area (Å²) in [6, 6.07) is 0. The lowest BCUT2D eigenvalue weighted by Gasteiger charge is -2.42. The molecule has 4 aliphatic rings. The Morgan fingerprint density at radius 2 is 2.45 bits per heavy atom. The predicted molar refractivity (Wildman–Crippen MR) is 38.7 cm³/mol. The largest absolute Gasteiger partial charge is 0.461 e.